The van der Waals surface area contributed by atoms with Crippen molar-refractivity contribution in [2.24, 2.45) is 11.7 Å². The number of halogens is 2. The number of fused-ring (bicyclic) bond motifs is 1. The number of nitrogens with two attached hydrogens (primary N) is 1. The molecule has 0 aliphatic heterocycles. The summed E-state index contributed by atoms with van der Waals surface area (Å²) in [6, 6.07) is 5.89. The third-order valence-corrected chi connectivity index (χ3v) is 5.52. The minimum Gasteiger partial charge on any atom is -0.365 e. The number of primary amides is 1. The number of aromatic nitrogens is 3. The average Bonchev–Trinajstić information content (AvgIpc) is 3.16. The number of benzene rings is 1. The van der Waals surface area contributed by atoms with Gasteiger partial charge in [0.2, 0.25) is 5.91 Å². The molecule has 1 aliphatic rings. The lowest BCUT2D eigenvalue weighted by atomic mass is 9.88. The van der Waals surface area contributed by atoms with Crippen LogP contribution in [0.25, 0.3) is 5.65 Å². The van der Waals surface area contributed by atoms with Gasteiger partial charge in [0.25, 0.3) is 5.91 Å². The predicted molar refractivity (Wildman–Crippen MR) is 118 cm³/mol. The first-order valence-electron chi connectivity index (χ1n) is 10.1. The van der Waals surface area contributed by atoms with Crippen LogP contribution in [0.15, 0.2) is 30.5 Å². The molecule has 7 nitrogen and oxygen atoms in total. The van der Waals surface area contributed by atoms with Crippen molar-refractivity contribution in [3.05, 3.63) is 58.3 Å². The smallest absolute Gasteiger partial charge is 0.254 e. The Morgan fingerprint density at radius 3 is 2.55 bits per heavy atom. The lowest BCUT2D eigenvalue weighted by molar-refractivity contribution is -0.120. The van der Waals surface area contributed by atoms with E-state index in [1.165, 1.54) is 30.8 Å². The summed E-state index contributed by atoms with van der Waals surface area (Å²) in [6.07, 6.45) is 6.73. The third kappa shape index (κ3) is 5.58. The highest BCUT2D eigenvalue weighted by Crippen LogP contribution is 2.27. The molecule has 0 spiro atoms. The molecule has 2 amide bonds. The van der Waals surface area contributed by atoms with Gasteiger partial charge in [-0.25, -0.2) is 13.9 Å². The quantitative estimate of drug-likeness (QED) is 0.621. The lowest BCUT2D eigenvalue weighted by Gasteiger charge is -2.21. The van der Waals surface area contributed by atoms with Crippen LogP contribution in [0.2, 0.25) is 5.02 Å². The number of rotatable bonds is 3. The van der Waals surface area contributed by atoms with Crippen molar-refractivity contribution in [3.63, 3.8) is 0 Å². The highest BCUT2D eigenvalue weighted by Gasteiger charge is 2.21. The molecular weight excluding hydrogens is 421 g/mol. The summed E-state index contributed by atoms with van der Waals surface area (Å²) in [7, 11) is 0. The van der Waals surface area contributed by atoms with Gasteiger partial charge in [0, 0.05) is 17.3 Å². The number of nitrogens with zero attached hydrogens (tertiary/aromatic N) is 3. The van der Waals surface area contributed by atoms with Crippen LogP contribution >= 0.6 is 11.6 Å². The van der Waals surface area contributed by atoms with Crippen LogP contribution in [0.3, 0.4) is 0 Å². The Labute approximate surface area is 184 Å². The van der Waals surface area contributed by atoms with Crippen molar-refractivity contribution in [2.45, 2.75) is 46.0 Å². The van der Waals surface area contributed by atoms with Gasteiger partial charge in [-0.1, -0.05) is 30.9 Å². The Morgan fingerprint density at radius 1 is 1.19 bits per heavy atom. The number of carbonyl (C=O) groups is 2. The van der Waals surface area contributed by atoms with Crippen LogP contribution in [-0.4, -0.2) is 26.4 Å². The van der Waals surface area contributed by atoms with E-state index in [0.717, 1.165) is 37.1 Å². The minimum absolute atomic E-state index is 0.00166. The zero-order chi connectivity index (χ0) is 22.5. The Bertz CT molecular complexity index is 1110. The fraction of sp³-hybridized carbons (Fsp3) is 0.364. The second-order valence-electron chi connectivity index (χ2n) is 7.65. The van der Waals surface area contributed by atoms with E-state index in [2.05, 4.69) is 15.4 Å². The summed E-state index contributed by atoms with van der Waals surface area (Å²) in [5, 5.41) is 7.05. The Morgan fingerprint density at radius 2 is 1.90 bits per heavy atom. The zero-order valence-corrected chi connectivity index (χ0v) is 18.2. The molecule has 0 bridgehead atoms. The monoisotopic (exact) mass is 445 g/mol. The first-order valence-corrected chi connectivity index (χ1v) is 10.5. The number of hydrogen-bond acceptors (Lipinski definition) is 4. The van der Waals surface area contributed by atoms with Gasteiger partial charge in [0.1, 0.15) is 11.4 Å². The maximum Gasteiger partial charge on any atom is 0.254 e. The molecular formula is C22H25ClFN5O2. The van der Waals surface area contributed by atoms with Crippen LogP contribution in [0, 0.1) is 25.6 Å². The van der Waals surface area contributed by atoms with Gasteiger partial charge >= 0.3 is 0 Å². The van der Waals surface area contributed by atoms with Crippen LogP contribution < -0.4 is 11.1 Å². The third-order valence-electron chi connectivity index (χ3n) is 5.21. The van der Waals surface area contributed by atoms with Crippen LogP contribution in [0.1, 0.15) is 53.8 Å². The highest BCUT2D eigenvalue weighted by atomic mass is 35.5. The van der Waals surface area contributed by atoms with E-state index in [9.17, 15) is 14.0 Å². The molecule has 1 saturated carbocycles. The molecule has 31 heavy (non-hydrogen) atoms. The molecule has 0 saturated heterocycles. The van der Waals surface area contributed by atoms with E-state index in [-0.39, 0.29) is 16.8 Å². The molecule has 0 atom stereocenters. The van der Waals surface area contributed by atoms with Crippen molar-refractivity contribution >= 4 is 34.7 Å². The van der Waals surface area contributed by atoms with Crippen molar-refractivity contribution in [2.75, 3.05) is 5.32 Å². The van der Waals surface area contributed by atoms with Gasteiger partial charge in [-0.2, -0.15) is 5.10 Å². The van der Waals surface area contributed by atoms with E-state index >= 15 is 0 Å². The topological polar surface area (TPSA) is 102 Å². The Hall–Kier alpha value is -3.00. The second-order valence-corrected chi connectivity index (χ2v) is 8.05. The fourth-order valence-corrected chi connectivity index (χ4v) is 3.85. The van der Waals surface area contributed by atoms with Gasteiger partial charge in [-0.05, 0) is 51.0 Å². The molecule has 1 aromatic carbocycles. The van der Waals surface area contributed by atoms with Crippen molar-refractivity contribution in [1.82, 2.24) is 14.6 Å². The summed E-state index contributed by atoms with van der Waals surface area (Å²) in [5.74, 6) is -0.828. The molecule has 164 valence electrons. The molecule has 2 aromatic heterocycles. The van der Waals surface area contributed by atoms with Gasteiger partial charge in [-0.15, -0.1) is 0 Å². The molecule has 1 aliphatic carbocycles. The first kappa shape index (κ1) is 22.7. The van der Waals surface area contributed by atoms with E-state index < -0.39 is 11.7 Å². The number of nitrogens with one attached hydrogen (secondary N) is 1. The second kappa shape index (κ2) is 9.87. The van der Waals surface area contributed by atoms with Crippen molar-refractivity contribution in [3.8, 4) is 0 Å². The minimum atomic E-state index is -0.502. The normalized spacial score (nSPS) is 14.1. The van der Waals surface area contributed by atoms with Gasteiger partial charge in [0.05, 0.1) is 16.9 Å². The van der Waals surface area contributed by atoms with E-state index in [0.29, 0.717) is 16.9 Å². The summed E-state index contributed by atoms with van der Waals surface area (Å²) in [4.78, 5) is 27.2. The van der Waals surface area contributed by atoms with Crippen molar-refractivity contribution in [1.29, 1.82) is 0 Å². The van der Waals surface area contributed by atoms with Crippen LogP contribution in [0.4, 0.5) is 10.1 Å². The van der Waals surface area contributed by atoms with E-state index in [4.69, 9.17) is 17.3 Å². The zero-order valence-electron chi connectivity index (χ0n) is 17.5. The molecule has 1 fully saturated rings. The fourth-order valence-electron chi connectivity index (χ4n) is 3.63. The molecule has 2 heterocycles. The highest BCUT2D eigenvalue weighted by molar-refractivity contribution is 6.33. The van der Waals surface area contributed by atoms with Gasteiger partial charge in [0.15, 0.2) is 5.65 Å². The maximum absolute atomic E-state index is 12.8. The molecule has 3 N–H and O–H groups in total. The molecule has 3 aromatic rings. The lowest BCUT2D eigenvalue weighted by Crippen LogP contribution is -2.24. The summed E-state index contributed by atoms with van der Waals surface area (Å²) in [6.45, 7) is 3.77. The van der Waals surface area contributed by atoms with Gasteiger partial charge < -0.3 is 11.1 Å². The summed E-state index contributed by atoms with van der Waals surface area (Å²) >= 11 is 5.86. The largest absolute Gasteiger partial charge is 0.365 e. The molecule has 0 unspecified atom stereocenters. The summed E-state index contributed by atoms with van der Waals surface area (Å²) in [5.41, 5.74) is 8.34. The van der Waals surface area contributed by atoms with E-state index in [1.54, 1.807) is 4.52 Å². The molecule has 9 heteroatoms. The number of carbonyl (C=O) groups excluding carboxylic acids is 2. The van der Waals surface area contributed by atoms with Gasteiger partial charge in [-0.3, -0.25) is 9.59 Å². The number of amides is 2. The standard InChI is InChI=1S/C13H15ClFNO.C9H10N4O/c14-11-8-10(15)6-7-12(11)16-13(17)9-4-2-1-3-5-9;1-5-3-6(2)13-9(12-5)7(4-11-13)8(10)14/h6-9H,1-5H2,(H,16,17);3-4H,1-2H3,(H2,10,14). The van der Waals surface area contributed by atoms with E-state index in [1.807, 2.05) is 19.9 Å². The SMILES string of the molecule is Cc1cc(C)n2ncc(C(N)=O)c2n1.O=C(Nc1ccc(F)cc1Cl)C1CCCCC1. The van der Waals surface area contributed by atoms with Crippen LogP contribution in [0.5, 0.6) is 0 Å². The number of anilines is 1. The molecule has 0 radical (unpaired) electrons. The molecule has 4 rings (SSSR count). The number of hydrogen-bond donors (Lipinski definition) is 2. The average molecular weight is 446 g/mol. The first-order chi connectivity index (χ1) is 14.8. The predicted octanol–water partition coefficient (Wildman–Crippen LogP) is 4.44. The Balaban J connectivity index is 0.000000179. The Kier molecular flexibility index (Phi) is 7.22. The summed E-state index contributed by atoms with van der Waals surface area (Å²) < 4.78 is 14.4. The maximum atomic E-state index is 12.8. The van der Waals surface area contributed by atoms with Crippen LogP contribution in [-0.2, 0) is 4.79 Å². The van der Waals surface area contributed by atoms with Crippen molar-refractivity contribution < 1.29 is 14.0 Å². The number of aryl methyl sites for hydroxylation is 2.